The fourth-order valence-corrected chi connectivity index (χ4v) is 1.55. The molecule has 2 rings (SSSR count). The van der Waals surface area contributed by atoms with Gasteiger partial charge in [-0.2, -0.15) is 0 Å². The molecule has 2 aromatic rings. The van der Waals surface area contributed by atoms with Crippen molar-refractivity contribution in [1.82, 2.24) is 0 Å². The summed E-state index contributed by atoms with van der Waals surface area (Å²) in [6.45, 7) is 4.00. The standard InChI is InChI=1S/C8H7BrO2/c1-4-3-10-8-6(4)5(2)7(9)11-8/h3H,1-2H3. The summed E-state index contributed by atoms with van der Waals surface area (Å²) in [4.78, 5) is 0. The SMILES string of the molecule is Cc1coc2oc(Br)c(C)c12. The van der Waals surface area contributed by atoms with E-state index in [0.717, 1.165) is 21.2 Å². The number of furan rings is 2. The molecule has 0 bridgehead atoms. The number of aryl methyl sites for hydroxylation is 2. The van der Waals surface area contributed by atoms with Gasteiger partial charge in [0, 0.05) is 5.56 Å². The first kappa shape index (κ1) is 6.98. The summed E-state index contributed by atoms with van der Waals surface area (Å²) in [5.74, 6) is 0.604. The van der Waals surface area contributed by atoms with Gasteiger partial charge in [-0.15, -0.1) is 0 Å². The Labute approximate surface area is 72.3 Å². The Kier molecular flexibility index (Phi) is 1.36. The van der Waals surface area contributed by atoms with E-state index in [4.69, 9.17) is 8.83 Å². The molecule has 0 aliphatic carbocycles. The van der Waals surface area contributed by atoms with E-state index < -0.39 is 0 Å². The van der Waals surface area contributed by atoms with Gasteiger partial charge >= 0.3 is 0 Å². The van der Waals surface area contributed by atoms with E-state index in [-0.39, 0.29) is 0 Å². The fourth-order valence-electron chi connectivity index (χ4n) is 1.20. The predicted octanol–water partition coefficient (Wildman–Crippen LogP) is 3.41. The van der Waals surface area contributed by atoms with Crippen LogP contribution in [0.2, 0.25) is 0 Å². The van der Waals surface area contributed by atoms with Crippen LogP contribution in [0.25, 0.3) is 11.2 Å². The van der Waals surface area contributed by atoms with Crippen molar-refractivity contribution in [3.05, 3.63) is 22.1 Å². The zero-order chi connectivity index (χ0) is 8.01. The van der Waals surface area contributed by atoms with E-state index in [1.54, 1.807) is 6.26 Å². The van der Waals surface area contributed by atoms with Crippen LogP contribution in [-0.4, -0.2) is 0 Å². The lowest BCUT2D eigenvalue weighted by Gasteiger charge is -1.83. The Hall–Kier alpha value is -0.700. The molecular weight excluding hydrogens is 208 g/mol. The third-order valence-corrected chi connectivity index (χ3v) is 2.55. The van der Waals surface area contributed by atoms with E-state index in [9.17, 15) is 0 Å². The van der Waals surface area contributed by atoms with Crippen molar-refractivity contribution in [2.24, 2.45) is 0 Å². The van der Waals surface area contributed by atoms with Crippen LogP contribution >= 0.6 is 15.9 Å². The first-order valence-electron chi connectivity index (χ1n) is 3.33. The number of rotatable bonds is 0. The van der Waals surface area contributed by atoms with Gasteiger partial charge in [-0.3, -0.25) is 0 Å². The van der Waals surface area contributed by atoms with Crippen LogP contribution in [0.4, 0.5) is 0 Å². The molecule has 0 saturated heterocycles. The molecule has 0 saturated carbocycles. The fraction of sp³-hybridized carbons (Fsp3) is 0.250. The van der Waals surface area contributed by atoms with Crippen LogP contribution in [-0.2, 0) is 0 Å². The molecule has 0 aliphatic rings. The molecule has 0 spiro atoms. The van der Waals surface area contributed by atoms with Crippen LogP contribution in [0.15, 0.2) is 19.8 Å². The maximum absolute atomic E-state index is 5.27. The number of hydrogen-bond acceptors (Lipinski definition) is 2. The lowest BCUT2D eigenvalue weighted by atomic mass is 10.2. The second-order valence-electron chi connectivity index (χ2n) is 2.58. The Morgan fingerprint density at radius 2 is 2.09 bits per heavy atom. The molecular formula is C8H7BrO2. The molecule has 0 N–H and O–H groups in total. The summed E-state index contributed by atoms with van der Waals surface area (Å²) in [6, 6.07) is 0. The number of halogens is 1. The third-order valence-electron chi connectivity index (χ3n) is 1.79. The zero-order valence-corrected chi connectivity index (χ0v) is 7.86. The largest absolute Gasteiger partial charge is 0.433 e. The molecule has 2 aromatic heterocycles. The molecule has 0 unspecified atom stereocenters. The highest BCUT2D eigenvalue weighted by Gasteiger charge is 2.12. The molecule has 2 nitrogen and oxygen atoms in total. The van der Waals surface area contributed by atoms with E-state index in [1.165, 1.54) is 0 Å². The lowest BCUT2D eigenvalue weighted by molar-refractivity contribution is 0.463. The minimum absolute atomic E-state index is 0.604. The highest BCUT2D eigenvalue weighted by atomic mass is 79.9. The van der Waals surface area contributed by atoms with Crippen molar-refractivity contribution in [3.8, 4) is 0 Å². The summed E-state index contributed by atoms with van der Waals surface area (Å²) in [5, 5.41) is 1.08. The van der Waals surface area contributed by atoms with E-state index >= 15 is 0 Å². The summed E-state index contributed by atoms with van der Waals surface area (Å²) >= 11 is 3.30. The van der Waals surface area contributed by atoms with Gasteiger partial charge in [0.05, 0.1) is 11.6 Å². The normalized spacial score (nSPS) is 11.2. The summed E-state index contributed by atoms with van der Waals surface area (Å²) in [5.41, 5.74) is 2.22. The molecule has 0 aliphatic heterocycles. The van der Waals surface area contributed by atoms with Crippen LogP contribution < -0.4 is 0 Å². The van der Waals surface area contributed by atoms with Crippen LogP contribution in [0.1, 0.15) is 11.1 Å². The average Bonchev–Trinajstić information content (AvgIpc) is 2.41. The summed E-state index contributed by atoms with van der Waals surface area (Å²) in [6.07, 6.45) is 1.70. The molecule has 0 amide bonds. The Morgan fingerprint density at radius 1 is 1.36 bits per heavy atom. The van der Waals surface area contributed by atoms with Gasteiger partial charge in [0.1, 0.15) is 0 Å². The molecule has 58 valence electrons. The number of hydrogen-bond donors (Lipinski definition) is 0. The van der Waals surface area contributed by atoms with Crippen molar-refractivity contribution >= 4 is 27.1 Å². The molecule has 0 atom stereocenters. The lowest BCUT2D eigenvalue weighted by Crippen LogP contribution is -1.67. The average molecular weight is 215 g/mol. The maximum atomic E-state index is 5.27. The van der Waals surface area contributed by atoms with Crippen molar-refractivity contribution < 1.29 is 8.83 Å². The second-order valence-corrected chi connectivity index (χ2v) is 3.30. The maximum Gasteiger partial charge on any atom is 0.298 e. The molecule has 0 radical (unpaired) electrons. The van der Waals surface area contributed by atoms with Gasteiger partial charge in [0.2, 0.25) is 0 Å². The molecule has 11 heavy (non-hydrogen) atoms. The quantitative estimate of drug-likeness (QED) is 0.673. The molecule has 0 aromatic carbocycles. The highest BCUT2D eigenvalue weighted by molar-refractivity contribution is 9.10. The third kappa shape index (κ3) is 0.839. The smallest absolute Gasteiger partial charge is 0.298 e. The second kappa shape index (κ2) is 2.14. The highest BCUT2D eigenvalue weighted by Crippen LogP contribution is 2.32. The van der Waals surface area contributed by atoms with E-state index in [1.807, 2.05) is 13.8 Å². The Morgan fingerprint density at radius 3 is 2.73 bits per heavy atom. The van der Waals surface area contributed by atoms with E-state index in [2.05, 4.69) is 15.9 Å². The van der Waals surface area contributed by atoms with Crippen LogP contribution in [0, 0.1) is 13.8 Å². The molecule has 3 heteroatoms. The first-order chi connectivity index (χ1) is 5.20. The number of fused-ring (bicyclic) bond motifs is 1. The monoisotopic (exact) mass is 214 g/mol. The first-order valence-corrected chi connectivity index (χ1v) is 4.12. The summed E-state index contributed by atoms with van der Waals surface area (Å²) in [7, 11) is 0. The van der Waals surface area contributed by atoms with E-state index in [0.29, 0.717) is 5.78 Å². The van der Waals surface area contributed by atoms with Crippen molar-refractivity contribution in [2.75, 3.05) is 0 Å². The Balaban J connectivity index is 2.95. The minimum Gasteiger partial charge on any atom is -0.433 e. The van der Waals surface area contributed by atoms with Gasteiger partial charge in [-0.1, -0.05) is 0 Å². The van der Waals surface area contributed by atoms with Gasteiger partial charge in [0.25, 0.3) is 5.78 Å². The van der Waals surface area contributed by atoms with Crippen molar-refractivity contribution in [2.45, 2.75) is 13.8 Å². The van der Waals surface area contributed by atoms with Gasteiger partial charge < -0.3 is 8.83 Å². The summed E-state index contributed by atoms with van der Waals surface area (Å²) < 4.78 is 11.2. The zero-order valence-electron chi connectivity index (χ0n) is 6.27. The van der Waals surface area contributed by atoms with Crippen LogP contribution in [0.3, 0.4) is 0 Å². The Bertz CT molecular complexity index is 397. The topological polar surface area (TPSA) is 26.3 Å². The van der Waals surface area contributed by atoms with Crippen molar-refractivity contribution in [3.63, 3.8) is 0 Å². The predicted molar refractivity (Wildman–Crippen MR) is 45.7 cm³/mol. The van der Waals surface area contributed by atoms with Crippen LogP contribution in [0.5, 0.6) is 0 Å². The minimum atomic E-state index is 0.604. The van der Waals surface area contributed by atoms with Crippen molar-refractivity contribution in [1.29, 1.82) is 0 Å². The van der Waals surface area contributed by atoms with Gasteiger partial charge in [-0.25, -0.2) is 0 Å². The molecule has 2 heterocycles. The van der Waals surface area contributed by atoms with Gasteiger partial charge in [0.15, 0.2) is 4.67 Å². The van der Waals surface area contributed by atoms with Gasteiger partial charge in [-0.05, 0) is 35.3 Å². The molecule has 0 fully saturated rings.